The second-order valence-electron chi connectivity index (χ2n) is 3.87. The van der Waals surface area contributed by atoms with Gasteiger partial charge in [0.1, 0.15) is 24.2 Å². The van der Waals surface area contributed by atoms with Gasteiger partial charge < -0.3 is 14.9 Å². The molecule has 18 heavy (non-hydrogen) atoms. The Labute approximate surface area is 114 Å². The zero-order chi connectivity index (χ0) is 13.0. The number of hydrogen-bond donors (Lipinski definition) is 2. The second kappa shape index (κ2) is 5.89. The molecule has 94 valence electrons. The van der Waals surface area contributed by atoms with Crippen molar-refractivity contribution in [2.45, 2.75) is 6.10 Å². The summed E-state index contributed by atoms with van der Waals surface area (Å²) in [6.45, 7) is 0.173. The van der Waals surface area contributed by atoms with Crippen molar-refractivity contribution in [2.75, 3.05) is 6.61 Å². The maximum atomic E-state index is 9.91. The van der Waals surface area contributed by atoms with Crippen LogP contribution < -0.4 is 4.74 Å². The molecule has 0 saturated heterocycles. The van der Waals surface area contributed by atoms with E-state index in [1.165, 1.54) is 12.1 Å². The summed E-state index contributed by atoms with van der Waals surface area (Å²) in [4.78, 5) is 0. The third-order valence-corrected chi connectivity index (χ3v) is 3.03. The summed E-state index contributed by atoms with van der Waals surface area (Å²) >= 11 is 3.34. The number of aliphatic hydroxyl groups excluding tert-OH is 1. The third kappa shape index (κ3) is 3.48. The molecular formula is C14H13BrO3. The molecule has 2 aromatic rings. The normalized spacial score (nSPS) is 12.1. The summed E-state index contributed by atoms with van der Waals surface area (Å²) in [5.74, 6) is 0.885. The number of ether oxygens (including phenoxy) is 1. The van der Waals surface area contributed by atoms with E-state index in [1.807, 2.05) is 24.3 Å². The van der Waals surface area contributed by atoms with Gasteiger partial charge in [-0.25, -0.2) is 0 Å². The smallest absolute Gasteiger partial charge is 0.119 e. The van der Waals surface area contributed by atoms with E-state index in [0.717, 1.165) is 4.47 Å². The molecule has 2 N–H and O–H groups in total. The van der Waals surface area contributed by atoms with Gasteiger partial charge in [0.15, 0.2) is 0 Å². The van der Waals surface area contributed by atoms with Crippen LogP contribution in [0.15, 0.2) is 53.0 Å². The number of phenolic OH excluding ortho intramolecular Hbond substituents is 1. The van der Waals surface area contributed by atoms with Gasteiger partial charge in [0, 0.05) is 4.47 Å². The van der Waals surface area contributed by atoms with E-state index in [-0.39, 0.29) is 12.4 Å². The van der Waals surface area contributed by atoms with E-state index in [0.29, 0.717) is 11.3 Å². The van der Waals surface area contributed by atoms with Crippen LogP contribution in [0.3, 0.4) is 0 Å². The van der Waals surface area contributed by atoms with Gasteiger partial charge in [0.2, 0.25) is 0 Å². The molecule has 0 heterocycles. The quantitative estimate of drug-likeness (QED) is 0.911. The zero-order valence-electron chi connectivity index (χ0n) is 9.58. The van der Waals surface area contributed by atoms with Crippen LogP contribution in [0.25, 0.3) is 0 Å². The fraction of sp³-hybridized carbons (Fsp3) is 0.143. The molecule has 0 spiro atoms. The van der Waals surface area contributed by atoms with Crippen molar-refractivity contribution in [3.63, 3.8) is 0 Å². The summed E-state index contributed by atoms with van der Waals surface area (Å²) in [5.41, 5.74) is 0.713. The van der Waals surface area contributed by atoms with Crippen LogP contribution in [0.2, 0.25) is 0 Å². The Morgan fingerprint density at radius 2 is 1.61 bits per heavy atom. The lowest BCUT2D eigenvalue weighted by Crippen LogP contribution is -2.09. The predicted molar refractivity (Wildman–Crippen MR) is 72.7 cm³/mol. The lowest BCUT2D eigenvalue weighted by atomic mass is 10.1. The minimum Gasteiger partial charge on any atom is -0.508 e. The van der Waals surface area contributed by atoms with Gasteiger partial charge in [-0.15, -0.1) is 0 Å². The molecule has 0 bridgehead atoms. The maximum absolute atomic E-state index is 9.91. The van der Waals surface area contributed by atoms with Crippen LogP contribution in [0, 0.1) is 0 Å². The van der Waals surface area contributed by atoms with E-state index in [2.05, 4.69) is 15.9 Å². The van der Waals surface area contributed by atoms with Crippen molar-refractivity contribution in [3.05, 3.63) is 58.6 Å². The average Bonchev–Trinajstić information content (AvgIpc) is 2.38. The standard InChI is InChI=1S/C14H13BrO3/c15-11-3-7-13(8-4-11)18-9-14(17)10-1-5-12(16)6-2-10/h1-8,14,16-17H,9H2. The Morgan fingerprint density at radius 1 is 1.00 bits per heavy atom. The molecule has 0 amide bonds. The lowest BCUT2D eigenvalue weighted by Gasteiger charge is -2.12. The van der Waals surface area contributed by atoms with E-state index in [9.17, 15) is 5.11 Å². The molecule has 2 rings (SSSR count). The van der Waals surface area contributed by atoms with E-state index < -0.39 is 6.10 Å². The minimum absolute atomic E-state index is 0.173. The number of hydrogen-bond acceptors (Lipinski definition) is 3. The number of halogens is 1. The van der Waals surface area contributed by atoms with Crippen molar-refractivity contribution in [2.24, 2.45) is 0 Å². The highest BCUT2D eigenvalue weighted by atomic mass is 79.9. The number of rotatable bonds is 4. The van der Waals surface area contributed by atoms with E-state index in [1.54, 1.807) is 12.1 Å². The van der Waals surface area contributed by atoms with Crippen LogP contribution in [-0.4, -0.2) is 16.8 Å². The summed E-state index contributed by atoms with van der Waals surface area (Å²) in [5, 5.41) is 19.1. The van der Waals surface area contributed by atoms with Crippen LogP contribution >= 0.6 is 15.9 Å². The Balaban J connectivity index is 1.93. The van der Waals surface area contributed by atoms with Crippen molar-refractivity contribution in [1.82, 2.24) is 0 Å². The molecule has 0 fully saturated rings. The maximum Gasteiger partial charge on any atom is 0.119 e. The first-order valence-electron chi connectivity index (χ1n) is 5.50. The largest absolute Gasteiger partial charge is 0.508 e. The van der Waals surface area contributed by atoms with Crippen molar-refractivity contribution >= 4 is 15.9 Å². The molecule has 0 radical (unpaired) electrons. The van der Waals surface area contributed by atoms with Crippen molar-refractivity contribution in [1.29, 1.82) is 0 Å². The Morgan fingerprint density at radius 3 is 2.22 bits per heavy atom. The molecule has 0 aliphatic rings. The van der Waals surface area contributed by atoms with E-state index >= 15 is 0 Å². The number of aliphatic hydroxyl groups is 1. The molecular weight excluding hydrogens is 296 g/mol. The Kier molecular flexibility index (Phi) is 4.23. The molecule has 2 aromatic carbocycles. The SMILES string of the molecule is Oc1ccc(C(O)COc2ccc(Br)cc2)cc1. The minimum atomic E-state index is -0.714. The van der Waals surface area contributed by atoms with Crippen LogP contribution in [0.5, 0.6) is 11.5 Å². The molecule has 1 atom stereocenters. The van der Waals surface area contributed by atoms with Gasteiger partial charge in [-0.2, -0.15) is 0 Å². The average molecular weight is 309 g/mol. The molecule has 4 heteroatoms. The highest BCUT2D eigenvalue weighted by Crippen LogP contribution is 2.20. The molecule has 0 aliphatic heterocycles. The molecule has 3 nitrogen and oxygen atoms in total. The fourth-order valence-electron chi connectivity index (χ4n) is 1.50. The van der Waals surface area contributed by atoms with Crippen LogP contribution in [-0.2, 0) is 0 Å². The first-order valence-corrected chi connectivity index (χ1v) is 6.30. The first-order chi connectivity index (χ1) is 8.65. The summed E-state index contributed by atoms with van der Waals surface area (Å²) in [6, 6.07) is 13.8. The van der Waals surface area contributed by atoms with Crippen molar-refractivity contribution < 1.29 is 14.9 Å². The third-order valence-electron chi connectivity index (χ3n) is 2.50. The van der Waals surface area contributed by atoms with Crippen LogP contribution in [0.4, 0.5) is 0 Å². The lowest BCUT2D eigenvalue weighted by molar-refractivity contribution is 0.108. The predicted octanol–water partition coefficient (Wildman–Crippen LogP) is 3.27. The summed E-state index contributed by atoms with van der Waals surface area (Å²) < 4.78 is 6.45. The van der Waals surface area contributed by atoms with Gasteiger partial charge >= 0.3 is 0 Å². The molecule has 1 unspecified atom stereocenters. The van der Waals surface area contributed by atoms with Gasteiger partial charge in [0.05, 0.1) is 0 Å². The Bertz CT molecular complexity index is 493. The summed E-state index contributed by atoms with van der Waals surface area (Å²) in [6.07, 6.45) is -0.714. The zero-order valence-corrected chi connectivity index (χ0v) is 11.2. The molecule has 0 aliphatic carbocycles. The fourth-order valence-corrected chi connectivity index (χ4v) is 1.76. The van der Waals surface area contributed by atoms with E-state index in [4.69, 9.17) is 9.84 Å². The van der Waals surface area contributed by atoms with Gasteiger partial charge in [-0.1, -0.05) is 28.1 Å². The summed E-state index contributed by atoms with van der Waals surface area (Å²) in [7, 11) is 0. The topological polar surface area (TPSA) is 49.7 Å². The monoisotopic (exact) mass is 308 g/mol. The van der Waals surface area contributed by atoms with Crippen molar-refractivity contribution in [3.8, 4) is 11.5 Å². The number of phenols is 1. The van der Waals surface area contributed by atoms with Crippen LogP contribution in [0.1, 0.15) is 11.7 Å². The van der Waals surface area contributed by atoms with Gasteiger partial charge in [-0.05, 0) is 42.0 Å². The second-order valence-corrected chi connectivity index (χ2v) is 4.79. The number of aromatic hydroxyl groups is 1. The highest BCUT2D eigenvalue weighted by Gasteiger charge is 2.08. The van der Waals surface area contributed by atoms with Gasteiger partial charge in [-0.3, -0.25) is 0 Å². The van der Waals surface area contributed by atoms with Gasteiger partial charge in [0.25, 0.3) is 0 Å². The molecule has 0 saturated carbocycles. The Hall–Kier alpha value is -1.52. The molecule has 0 aromatic heterocycles. The first kappa shape index (κ1) is 12.9. The highest BCUT2D eigenvalue weighted by molar-refractivity contribution is 9.10. The number of benzene rings is 2.